The second-order valence-electron chi connectivity index (χ2n) is 6.43. The first-order valence-corrected chi connectivity index (χ1v) is 8.15. The van der Waals surface area contributed by atoms with Crippen molar-refractivity contribution in [1.82, 2.24) is 0 Å². The summed E-state index contributed by atoms with van der Waals surface area (Å²) in [5.74, 6) is 0.338. The maximum Gasteiger partial charge on any atom is 0.511 e. The minimum atomic E-state index is -1.31. The van der Waals surface area contributed by atoms with Crippen LogP contribution in [-0.4, -0.2) is 11.3 Å². The van der Waals surface area contributed by atoms with Crippen molar-refractivity contribution < 1.29 is 14.6 Å². The molecule has 0 unspecified atom stereocenters. The fourth-order valence-electron chi connectivity index (χ4n) is 2.98. The minimum Gasteiger partial charge on any atom is -0.449 e. The van der Waals surface area contributed by atoms with E-state index in [9.17, 15) is 4.79 Å². The molecule has 3 rings (SSSR count). The molecule has 3 nitrogen and oxygen atoms in total. The average Bonchev–Trinajstić information content (AvgIpc) is 2.62. The van der Waals surface area contributed by atoms with E-state index in [0.29, 0.717) is 5.75 Å². The van der Waals surface area contributed by atoms with Gasteiger partial charge in [0.15, 0.2) is 0 Å². The standard InChI is InChI=1S/C22H20O3/c1-22(2,17-8-4-3-5-9-17)18-14-12-16(13-15-18)19-10-6-7-11-20(19)25-21(23)24/h3-15H,1-2H3,(H,23,24). The summed E-state index contributed by atoms with van der Waals surface area (Å²) in [4.78, 5) is 10.9. The van der Waals surface area contributed by atoms with Gasteiger partial charge in [0.05, 0.1) is 0 Å². The van der Waals surface area contributed by atoms with Crippen molar-refractivity contribution in [3.63, 3.8) is 0 Å². The van der Waals surface area contributed by atoms with Gasteiger partial charge in [-0.15, -0.1) is 0 Å². The summed E-state index contributed by atoms with van der Waals surface area (Å²) in [7, 11) is 0. The molecule has 3 aromatic rings. The van der Waals surface area contributed by atoms with Crippen molar-refractivity contribution in [3.8, 4) is 16.9 Å². The van der Waals surface area contributed by atoms with Crippen molar-refractivity contribution in [2.75, 3.05) is 0 Å². The highest BCUT2D eigenvalue weighted by molar-refractivity contribution is 5.74. The Labute approximate surface area is 147 Å². The molecule has 25 heavy (non-hydrogen) atoms. The van der Waals surface area contributed by atoms with Crippen molar-refractivity contribution in [2.24, 2.45) is 0 Å². The normalized spacial score (nSPS) is 11.1. The summed E-state index contributed by atoms with van der Waals surface area (Å²) in [5.41, 5.74) is 4.01. The van der Waals surface area contributed by atoms with Crippen molar-refractivity contribution in [2.45, 2.75) is 19.3 Å². The lowest BCUT2D eigenvalue weighted by molar-refractivity contribution is 0.144. The first-order valence-electron chi connectivity index (χ1n) is 8.15. The Morgan fingerprint density at radius 1 is 0.800 bits per heavy atom. The summed E-state index contributed by atoms with van der Waals surface area (Å²) in [6.45, 7) is 4.39. The van der Waals surface area contributed by atoms with E-state index in [1.807, 2.05) is 42.5 Å². The van der Waals surface area contributed by atoms with Gasteiger partial charge in [-0.1, -0.05) is 86.6 Å². The van der Waals surface area contributed by atoms with Crippen LogP contribution in [0.3, 0.4) is 0 Å². The van der Waals surface area contributed by atoms with Gasteiger partial charge in [0.25, 0.3) is 0 Å². The van der Waals surface area contributed by atoms with Crippen LogP contribution in [-0.2, 0) is 5.41 Å². The molecule has 0 bridgehead atoms. The van der Waals surface area contributed by atoms with Crippen LogP contribution in [0.5, 0.6) is 5.75 Å². The zero-order valence-electron chi connectivity index (χ0n) is 14.3. The zero-order chi connectivity index (χ0) is 17.9. The molecule has 0 atom stereocenters. The third-order valence-corrected chi connectivity index (χ3v) is 4.50. The lowest BCUT2D eigenvalue weighted by Gasteiger charge is -2.26. The Morgan fingerprint density at radius 2 is 1.36 bits per heavy atom. The molecule has 0 fully saturated rings. The number of carboxylic acid groups (broad SMARTS) is 1. The molecule has 1 N–H and O–H groups in total. The first kappa shape index (κ1) is 16.8. The molecular formula is C22H20O3. The van der Waals surface area contributed by atoms with Gasteiger partial charge in [-0.3, -0.25) is 0 Å². The monoisotopic (exact) mass is 332 g/mol. The van der Waals surface area contributed by atoms with Crippen LogP contribution < -0.4 is 4.74 Å². The van der Waals surface area contributed by atoms with Crippen molar-refractivity contribution >= 4 is 6.16 Å². The third-order valence-electron chi connectivity index (χ3n) is 4.50. The van der Waals surface area contributed by atoms with E-state index in [1.165, 1.54) is 11.1 Å². The maximum absolute atomic E-state index is 10.9. The second kappa shape index (κ2) is 6.81. The van der Waals surface area contributed by atoms with Crippen LogP contribution in [0.25, 0.3) is 11.1 Å². The Morgan fingerprint density at radius 3 is 2.00 bits per heavy atom. The van der Waals surface area contributed by atoms with Crippen molar-refractivity contribution in [1.29, 1.82) is 0 Å². The van der Waals surface area contributed by atoms with Crippen LogP contribution >= 0.6 is 0 Å². The van der Waals surface area contributed by atoms with E-state index in [4.69, 9.17) is 9.84 Å². The number of carbonyl (C=O) groups is 1. The SMILES string of the molecule is CC(C)(c1ccccc1)c1ccc(-c2ccccc2OC(=O)O)cc1. The lowest BCUT2D eigenvalue weighted by atomic mass is 9.78. The molecule has 0 radical (unpaired) electrons. The zero-order valence-corrected chi connectivity index (χ0v) is 14.3. The fraction of sp³-hybridized carbons (Fsp3) is 0.136. The predicted molar refractivity (Wildman–Crippen MR) is 99.1 cm³/mol. The summed E-state index contributed by atoms with van der Waals surface area (Å²) in [5, 5.41) is 8.89. The number of benzene rings is 3. The molecule has 3 heteroatoms. The average molecular weight is 332 g/mol. The molecule has 0 heterocycles. The number of ether oxygens (including phenoxy) is 1. The van der Waals surface area contributed by atoms with Gasteiger partial charge in [0, 0.05) is 11.0 Å². The second-order valence-corrected chi connectivity index (χ2v) is 6.43. The van der Waals surface area contributed by atoms with Crippen LogP contribution in [0.2, 0.25) is 0 Å². The highest BCUT2D eigenvalue weighted by Gasteiger charge is 2.22. The first-order chi connectivity index (χ1) is 12.0. The van der Waals surface area contributed by atoms with Gasteiger partial charge in [-0.05, 0) is 22.8 Å². The lowest BCUT2D eigenvalue weighted by Crippen LogP contribution is -2.18. The van der Waals surface area contributed by atoms with E-state index >= 15 is 0 Å². The molecule has 0 saturated heterocycles. The molecule has 126 valence electrons. The Hall–Kier alpha value is -3.07. The molecule has 0 aromatic heterocycles. The van der Waals surface area contributed by atoms with E-state index < -0.39 is 6.16 Å². The topological polar surface area (TPSA) is 46.5 Å². The molecule has 0 spiro atoms. The quantitative estimate of drug-likeness (QED) is 0.490. The van der Waals surface area contributed by atoms with E-state index in [2.05, 4.69) is 38.1 Å². The van der Waals surface area contributed by atoms with Crippen molar-refractivity contribution in [3.05, 3.63) is 90.0 Å². The van der Waals surface area contributed by atoms with E-state index in [-0.39, 0.29) is 5.41 Å². The molecule has 0 aliphatic carbocycles. The number of hydrogen-bond acceptors (Lipinski definition) is 2. The summed E-state index contributed by atoms with van der Waals surface area (Å²) in [6, 6.07) is 25.7. The Balaban J connectivity index is 1.95. The van der Waals surface area contributed by atoms with E-state index in [1.54, 1.807) is 12.1 Å². The highest BCUT2D eigenvalue weighted by Crippen LogP contribution is 2.34. The number of para-hydroxylation sites is 1. The highest BCUT2D eigenvalue weighted by atomic mass is 16.7. The van der Waals surface area contributed by atoms with Gasteiger partial charge in [0.2, 0.25) is 0 Å². The van der Waals surface area contributed by atoms with Crippen LogP contribution in [0.1, 0.15) is 25.0 Å². The van der Waals surface area contributed by atoms with Gasteiger partial charge < -0.3 is 9.84 Å². The summed E-state index contributed by atoms with van der Waals surface area (Å²) >= 11 is 0. The minimum absolute atomic E-state index is 0.114. The maximum atomic E-state index is 10.9. The molecule has 0 aliphatic heterocycles. The van der Waals surface area contributed by atoms with Gasteiger partial charge >= 0.3 is 6.16 Å². The summed E-state index contributed by atoms with van der Waals surface area (Å²) < 4.78 is 4.88. The van der Waals surface area contributed by atoms with Gasteiger partial charge in [-0.25, -0.2) is 4.79 Å². The predicted octanol–water partition coefficient (Wildman–Crippen LogP) is 5.74. The van der Waals surface area contributed by atoms with E-state index in [0.717, 1.165) is 11.1 Å². The van der Waals surface area contributed by atoms with Gasteiger partial charge in [-0.2, -0.15) is 0 Å². The molecule has 0 aliphatic rings. The Bertz CT molecular complexity index is 865. The Kier molecular flexibility index (Phi) is 4.57. The molecule has 0 saturated carbocycles. The largest absolute Gasteiger partial charge is 0.511 e. The van der Waals surface area contributed by atoms with Crippen LogP contribution in [0.4, 0.5) is 4.79 Å². The summed E-state index contributed by atoms with van der Waals surface area (Å²) in [6.07, 6.45) is -1.31. The fourth-order valence-corrected chi connectivity index (χ4v) is 2.98. The number of hydrogen-bond donors (Lipinski definition) is 1. The molecule has 3 aromatic carbocycles. The smallest absolute Gasteiger partial charge is 0.449 e. The molecular weight excluding hydrogens is 312 g/mol. The van der Waals surface area contributed by atoms with Crippen LogP contribution in [0, 0.1) is 0 Å². The number of rotatable bonds is 4. The molecule has 0 amide bonds. The van der Waals surface area contributed by atoms with Crippen LogP contribution in [0.15, 0.2) is 78.9 Å². The third kappa shape index (κ3) is 3.56. The van der Waals surface area contributed by atoms with Gasteiger partial charge in [0.1, 0.15) is 5.75 Å².